The fourth-order valence-corrected chi connectivity index (χ4v) is 7.08. The lowest BCUT2D eigenvalue weighted by molar-refractivity contribution is -0.137. The zero-order valence-electron chi connectivity index (χ0n) is 15.0. The van der Waals surface area contributed by atoms with Gasteiger partial charge in [-0.1, -0.05) is 33.9 Å². The second-order valence-electron chi connectivity index (χ2n) is 7.23. The van der Waals surface area contributed by atoms with Crippen molar-refractivity contribution in [2.45, 2.75) is 50.0 Å². The van der Waals surface area contributed by atoms with Crippen LogP contribution in [0.2, 0.25) is 18.1 Å². The molecule has 0 spiro atoms. The van der Waals surface area contributed by atoms with Crippen molar-refractivity contribution in [3.63, 3.8) is 0 Å². The van der Waals surface area contributed by atoms with Crippen molar-refractivity contribution in [1.82, 2.24) is 4.39 Å². The highest BCUT2D eigenvalue weighted by Gasteiger charge is 2.40. The monoisotopic (exact) mass is 396 g/mol. The van der Waals surface area contributed by atoms with Gasteiger partial charge in [0.2, 0.25) is 0 Å². The number of carbonyl (C=O) groups excluding carboxylic acids is 1. The minimum Gasteiger partial charge on any atom is -0.465 e. The molecule has 0 aliphatic rings. The number of nitrogens with one attached hydrogen (secondary N) is 2. The zero-order chi connectivity index (χ0) is 19.8. The average Bonchev–Trinajstić information content (AvgIpc) is 2.42. The first-order valence-corrected chi connectivity index (χ1v) is 12.0. The van der Waals surface area contributed by atoms with Crippen LogP contribution < -0.4 is 4.39 Å². The molecule has 1 atom stereocenters. The highest BCUT2D eigenvalue weighted by atomic mass is 32.2. The molecule has 0 bridgehead atoms. The Morgan fingerprint density at radius 3 is 2.16 bits per heavy atom. The Balaban J connectivity index is 3.58. The molecule has 0 aliphatic heterocycles. The summed E-state index contributed by atoms with van der Waals surface area (Å²) >= 11 is 0. The van der Waals surface area contributed by atoms with Crippen molar-refractivity contribution in [2.24, 2.45) is 0 Å². The summed E-state index contributed by atoms with van der Waals surface area (Å²) in [6.45, 7) is 9.35. The molecule has 25 heavy (non-hydrogen) atoms. The van der Waals surface area contributed by atoms with Crippen molar-refractivity contribution in [3.05, 3.63) is 29.3 Å². The van der Waals surface area contributed by atoms with Crippen molar-refractivity contribution < 1.29 is 26.9 Å². The third kappa shape index (κ3) is 4.82. The van der Waals surface area contributed by atoms with Gasteiger partial charge in [0, 0.05) is 0 Å². The molecule has 2 N–H and O–H groups in total. The van der Waals surface area contributed by atoms with Crippen LogP contribution in [0.3, 0.4) is 0 Å². The Morgan fingerprint density at radius 1 is 1.24 bits per heavy atom. The molecule has 0 aromatic heterocycles. The number of alkyl halides is 3. The van der Waals surface area contributed by atoms with Gasteiger partial charge in [0.05, 0.1) is 23.1 Å². The van der Waals surface area contributed by atoms with E-state index in [1.807, 2.05) is 33.9 Å². The molecular weight excluding hydrogens is 373 g/mol. The van der Waals surface area contributed by atoms with Crippen LogP contribution in [0.5, 0.6) is 0 Å². The number of hydrogen-bond acceptors (Lipinski definition) is 4. The maximum Gasteiger partial charge on any atom is 0.416 e. The largest absolute Gasteiger partial charge is 0.465 e. The first-order valence-electron chi connectivity index (χ1n) is 7.40. The second-order valence-corrected chi connectivity index (χ2v) is 14.4. The number of rotatable bonds is 4. The first kappa shape index (κ1) is 21.6. The minimum absolute atomic E-state index is 0.316. The molecule has 0 fully saturated rings. The van der Waals surface area contributed by atoms with Crippen LogP contribution in [-0.2, 0) is 20.8 Å². The summed E-state index contributed by atoms with van der Waals surface area (Å²) in [5.74, 6) is -0.944. The molecule has 0 saturated heterocycles. The lowest BCUT2D eigenvalue weighted by Gasteiger charge is -2.37. The Bertz CT molecular complexity index is 769. The van der Waals surface area contributed by atoms with Crippen LogP contribution in [0.4, 0.5) is 13.2 Å². The van der Waals surface area contributed by atoms with E-state index in [1.165, 1.54) is 0 Å². The fraction of sp³-hybridized carbons (Fsp3) is 0.533. The molecule has 0 amide bonds. The molecular formula is C15H23F3N2O3SSi. The van der Waals surface area contributed by atoms with E-state index in [0.29, 0.717) is 12.1 Å². The molecule has 1 rings (SSSR count). The summed E-state index contributed by atoms with van der Waals surface area (Å²) in [6.07, 6.45) is -4.68. The van der Waals surface area contributed by atoms with Crippen LogP contribution in [-0.4, -0.2) is 25.5 Å². The maximum absolute atomic E-state index is 13.0. The number of halogens is 3. The van der Waals surface area contributed by atoms with Crippen molar-refractivity contribution in [2.75, 3.05) is 7.11 Å². The molecule has 1 aromatic carbocycles. The van der Waals surface area contributed by atoms with Crippen LogP contribution in [0.1, 0.15) is 36.7 Å². The van der Waals surface area contributed by atoms with Gasteiger partial charge in [-0.3, -0.25) is 0 Å². The average molecular weight is 397 g/mol. The number of benzene rings is 1. The topological polar surface area (TPSA) is 79.2 Å². The smallest absolute Gasteiger partial charge is 0.416 e. The molecule has 1 unspecified atom stereocenters. The SMILES string of the molecule is COC(=O)c1ccc(C(F)(F)F)cc1S(=N)(=O)N[Si](C)(C)C(C)(C)C. The molecule has 0 aliphatic carbocycles. The molecule has 0 radical (unpaired) electrons. The fourth-order valence-electron chi connectivity index (χ4n) is 1.78. The Morgan fingerprint density at radius 2 is 1.76 bits per heavy atom. The van der Waals surface area contributed by atoms with Gasteiger partial charge in [-0.2, -0.15) is 13.2 Å². The Hall–Kier alpha value is -1.39. The van der Waals surface area contributed by atoms with Crippen molar-refractivity contribution in [3.8, 4) is 0 Å². The summed E-state index contributed by atoms with van der Waals surface area (Å²) in [6, 6.07) is 2.19. The van der Waals surface area contributed by atoms with E-state index in [9.17, 15) is 22.2 Å². The van der Waals surface area contributed by atoms with Gasteiger partial charge in [-0.15, -0.1) is 0 Å². The Labute approximate surface area is 147 Å². The van der Waals surface area contributed by atoms with E-state index in [2.05, 4.69) is 9.12 Å². The number of esters is 1. The summed E-state index contributed by atoms with van der Waals surface area (Å²) in [7, 11) is -5.29. The van der Waals surface area contributed by atoms with E-state index in [4.69, 9.17) is 4.78 Å². The molecule has 10 heteroatoms. The van der Waals surface area contributed by atoms with Gasteiger partial charge >= 0.3 is 12.1 Å². The quantitative estimate of drug-likeness (QED) is 0.584. The summed E-state index contributed by atoms with van der Waals surface area (Å²) in [4.78, 5) is 11.4. The summed E-state index contributed by atoms with van der Waals surface area (Å²) < 4.78 is 67.5. The van der Waals surface area contributed by atoms with Gasteiger partial charge in [-0.25, -0.2) is 18.2 Å². The lowest BCUT2D eigenvalue weighted by Crippen LogP contribution is -2.54. The minimum atomic E-state index is -4.68. The molecule has 0 heterocycles. The van der Waals surface area contributed by atoms with Gasteiger partial charge in [-0.05, 0) is 23.2 Å². The lowest BCUT2D eigenvalue weighted by atomic mass is 10.1. The highest BCUT2D eigenvalue weighted by molar-refractivity contribution is 7.92. The molecule has 142 valence electrons. The first-order chi connectivity index (χ1) is 11.0. The van der Waals surface area contributed by atoms with E-state index in [0.717, 1.165) is 13.2 Å². The highest BCUT2D eigenvalue weighted by Crippen LogP contribution is 2.36. The number of hydrogen-bond donors (Lipinski definition) is 2. The van der Waals surface area contributed by atoms with Crippen molar-refractivity contribution in [1.29, 1.82) is 4.78 Å². The summed E-state index contributed by atoms with van der Waals surface area (Å²) in [5.41, 5.74) is -1.39. The number of carbonyl (C=O) groups is 1. The predicted octanol–water partition coefficient (Wildman–Crippen LogP) is 4.41. The third-order valence-electron chi connectivity index (χ3n) is 4.30. The summed E-state index contributed by atoms with van der Waals surface area (Å²) in [5, 5.41) is -0.316. The number of ether oxygens (including phenoxy) is 1. The standard InChI is InChI=1S/C15H23F3N2O3SSi/c1-14(2,3)25(5,6)20-24(19,22)12-9-10(15(16,17)18)7-8-11(12)13(21)23-4/h7-9H,1-6H3,(H2,19,20,22). The van der Waals surface area contributed by atoms with Gasteiger partial charge < -0.3 is 4.74 Å². The third-order valence-corrected chi connectivity index (χ3v) is 12.2. The van der Waals surface area contributed by atoms with Crippen molar-refractivity contribution >= 4 is 24.1 Å². The van der Waals surface area contributed by atoms with E-state index < -0.39 is 40.8 Å². The number of methoxy groups -OCH3 is 1. The van der Waals surface area contributed by atoms with Crippen LogP contribution in [0.25, 0.3) is 0 Å². The van der Waals surface area contributed by atoms with Gasteiger partial charge in [0.25, 0.3) is 0 Å². The molecule has 0 saturated carbocycles. The molecule has 5 nitrogen and oxygen atoms in total. The van der Waals surface area contributed by atoms with Crippen LogP contribution in [0, 0.1) is 4.78 Å². The zero-order valence-corrected chi connectivity index (χ0v) is 16.8. The van der Waals surface area contributed by atoms with E-state index in [1.54, 1.807) is 0 Å². The van der Waals surface area contributed by atoms with E-state index >= 15 is 0 Å². The van der Waals surface area contributed by atoms with Gasteiger partial charge in [0.1, 0.15) is 18.2 Å². The second kappa shape index (κ2) is 6.73. The molecule has 1 aromatic rings. The Kier molecular flexibility index (Phi) is 5.83. The van der Waals surface area contributed by atoms with Crippen LogP contribution in [0.15, 0.2) is 23.1 Å². The maximum atomic E-state index is 13.0. The normalized spacial score (nSPS) is 15.6. The van der Waals surface area contributed by atoms with Crippen LogP contribution >= 0.6 is 0 Å². The predicted molar refractivity (Wildman–Crippen MR) is 92.2 cm³/mol. The van der Waals surface area contributed by atoms with Gasteiger partial charge in [0.15, 0.2) is 0 Å². The van der Waals surface area contributed by atoms with E-state index in [-0.39, 0.29) is 10.6 Å².